The zero-order valence-corrected chi connectivity index (χ0v) is 9.79. The Labute approximate surface area is 97.1 Å². The summed E-state index contributed by atoms with van der Waals surface area (Å²) >= 11 is 0. The number of ether oxygens (including phenoxy) is 1. The molecule has 0 unspecified atom stereocenters. The summed E-state index contributed by atoms with van der Waals surface area (Å²) in [4.78, 5) is 10.4. The third kappa shape index (κ3) is 2.42. The van der Waals surface area contributed by atoms with Crippen molar-refractivity contribution < 1.29 is 17.0 Å². The largest absolute Gasteiger partial charge is 0.374 e. The third-order valence-corrected chi connectivity index (χ3v) is 2.87. The molecule has 0 radical (unpaired) electrons. The van der Waals surface area contributed by atoms with Crippen LogP contribution in [0.15, 0.2) is 17.3 Å². The molecule has 92 valence electrons. The highest BCUT2D eigenvalue weighted by atomic mass is 32.3. The van der Waals surface area contributed by atoms with Gasteiger partial charge in [-0.1, -0.05) is 3.89 Å². The Morgan fingerprint density at radius 2 is 2.24 bits per heavy atom. The number of hydrogen-bond acceptors (Lipinski definition) is 5. The van der Waals surface area contributed by atoms with Gasteiger partial charge >= 0.3 is 10.2 Å². The van der Waals surface area contributed by atoms with Crippen molar-refractivity contribution in [3.63, 3.8) is 0 Å². The minimum absolute atomic E-state index is 0.0357. The highest BCUT2D eigenvalue weighted by Crippen LogP contribution is 2.20. The molecular formula is C9H10FN3O3S. The lowest BCUT2D eigenvalue weighted by molar-refractivity contribution is 0.128. The monoisotopic (exact) mass is 259 g/mol. The number of halogens is 1. The SMILES string of the molecule is CCOCc1nc(S(=O)(=O)F)c2cc[nH]c2n1. The topological polar surface area (TPSA) is 84.9 Å². The first-order valence-corrected chi connectivity index (χ1v) is 6.27. The lowest BCUT2D eigenvalue weighted by Crippen LogP contribution is -2.05. The molecule has 1 N–H and O–H groups in total. The van der Waals surface area contributed by atoms with Gasteiger partial charge in [-0.05, 0) is 13.0 Å². The summed E-state index contributed by atoms with van der Waals surface area (Å²) in [5.41, 5.74) is 0.269. The summed E-state index contributed by atoms with van der Waals surface area (Å²) in [5, 5.41) is -0.494. The summed E-state index contributed by atoms with van der Waals surface area (Å²) in [6.07, 6.45) is 1.47. The third-order valence-electron chi connectivity index (χ3n) is 2.09. The zero-order valence-electron chi connectivity index (χ0n) is 8.97. The Morgan fingerprint density at radius 3 is 2.88 bits per heavy atom. The van der Waals surface area contributed by atoms with E-state index in [1.165, 1.54) is 12.3 Å². The van der Waals surface area contributed by atoms with Gasteiger partial charge in [-0.3, -0.25) is 0 Å². The molecule has 0 saturated carbocycles. The number of rotatable bonds is 4. The Hall–Kier alpha value is -1.54. The van der Waals surface area contributed by atoms with Gasteiger partial charge in [0.15, 0.2) is 10.9 Å². The van der Waals surface area contributed by atoms with Gasteiger partial charge in [0.05, 0.1) is 5.39 Å². The van der Waals surface area contributed by atoms with E-state index in [0.717, 1.165) is 0 Å². The number of H-pyrrole nitrogens is 1. The van der Waals surface area contributed by atoms with Crippen LogP contribution in [-0.2, 0) is 21.6 Å². The van der Waals surface area contributed by atoms with E-state index in [2.05, 4.69) is 15.0 Å². The first kappa shape index (κ1) is 11.9. The van der Waals surface area contributed by atoms with E-state index >= 15 is 0 Å². The number of nitrogens with one attached hydrogen (secondary N) is 1. The van der Waals surface area contributed by atoms with Gasteiger partial charge < -0.3 is 9.72 Å². The van der Waals surface area contributed by atoms with Crippen molar-refractivity contribution in [3.8, 4) is 0 Å². The molecule has 2 aromatic heterocycles. The van der Waals surface area contributed by atoms with Crippen LogP contribution in [0.1, 0.15) is 12.7 Å². The Bertz CT molecular complexity index is 638. The van der Waals surface area contributed by atoms with E-state index in [1.54, 1.807) is 6.92 Å². The molecule has 0 saturated heterocycles. The second-order valence-corrected chi connectivity index (χ2v) is 4.52. The minimum Gasteiger partial charge on any atom is -0.374 e. The molecule has 2 heterocycles. The molecule has 0 spiro atoms. The van der Waals surface area contributed by atoms with Gasteiger partial charge in [-0.15, -0.1) is 0 Å². The molecule has 17 heavy (non-hydrogen) atoms. The van der Waals surface area contributed by atoms with E-state index in [-0.39, 0.29) is 23.5 Å². The van der Waals surface area contributed by atoms with E-state index in [0.29, 0.717) is 6.61 Å². The predicted molar refractivity (Wildman–Crippen MR) is 57.5 cm³/mol. The molecule has 2 aromatic rings. The van der Waals surface area contributed by atoms with Crippen LogP contribution in [0.2, 0.25) is 0 Å². The molecule has 0 aliphatic heterocycles. The van der Waals surface area contributed by atoms with Crippen molar-refractivity contribution >= 4 is 21.3 Å². The molecule has 0 aromatic carbocycles. The van der Waals surface area contributed by atoms with E-state index in [9.17, 15) is 12.3 Å². The Kier molecular flexibility index (Phi) is 3.07. The molecule has 8 heteroatoms. The number of hydrogen-bond donors (Lipinski definition) is 1. The van der Waals surface area contributed by atoms with Crippen LogP contribution >= 0.6 is 0 Å². The van der Waals surface area contributed by atoms with Crippen LogP contribution in [0, 0.1) is 0 Å². The fourth-order valence-corrected chi connectivity index (χ4v) is 2.04. The van der Waals surface area contributed by atoms with Crippen LogP contribution in [0.25, 0.3) is 11.0 Å². The molecule has 0 fully saturated rings. The molecule has 6 nitrogen and oxygen atoms in total. The Morgan fingerprint density at radius 1 is 1.47 bits per heavy atom. The summed E-state index contributed by atoms with van der Waals surface area (Å²) in [6.45, 7) is 2.25. The van der Waals surface area contributed by atoms with Gasteiger partial charge in [0.25, 0.3) is 0 Å². The van der Waals surface area contributed by atoms with Gasteiger partial charge in [0.2, 0.25) is 0 Å². The fourth-order valence-electron chi connectivity index (χ4n) is 1.40. The summed E-state index contributed by atoms with van der Waals surface area (Å²) in [7, 11) is -4.87. The maximum Gasteiger partial charge on any atom is 0.350 e. The van der Waals surface area contributed by atoms with Crippen LogP contribution in [0.3, 0.4) is 0 Å². The standard InChI is InChI=1S/C9H10FN3O3S/c1-2-16-5-7-12-8-6(3-4-11-8)9(13-7)17(10,14)15/h3-4H,2,5H2,1H3,(H,11,12,13). The molecule has 0 bridgehead atoms. The smallest absolute Gasteiger partial charge is 0.350 e. The van der Waals surface area contributed by atoms with Crippen LogP contribution in [-0.4, -0.2) is 30.0 Å². The first-order chi connectivity index (χ1) is 8.02. The van der Waals surface area contributed by atoms with Crippen molar-refractivity contribution in [1.82, 2.24) is 15.0 Å². The van der Waals surface area contributed by atoms with Gasteiger partial charge in [0, 0.05) is 12.8 Å². The summed E-state index contributed by atoms with van der Waals surface area (Å²) in [6, 6.07) is 1.41. The minimum atomic E-state index is -4.87. The van der Waals surface area contributed by atoms with E-state index in [1.807, 2.05) is 0 Å². The molecular weight excluding hydrogens is 249 g/mol. The van der Waals surface area contributed by atoms with Crippen LogP contribution < -0.4 is 0 Å². The van der Waals surface area contributed by atoms with Crippen molar-refractivity contribution in [3.05, 3.63) is 18.1 Å². The number of fused-ring (bicyclic) bond motifs is 1. The average molecular weight is 259 g/mol. The van der Waals surface area contributed by atoms with Gasteiger partial charge in [-0.25, -0.2) is 9.97 Å². The van der Waals surface area contributed by atoms with Gasteiger partial charge in [-0.2, -0.15) is 8.42 Å². The predicted octanol–water partition coefficient (Wildman–Crippen LogP) is 1.15. The average Bonchev–Trinajstić information content (AvgIpc) is 2.71. The van der Waals surface area contributed by atoms with E-state index < -0.39 is 15.2 Å². The van der Waals surface area contributed by atoms with Gasteiger partial charge in [0.1, 0.15) is 12.3 Å². The second kappa shape index (κ2) is 4.38. The number of aromatic nitrogens is 3. The normalized spacial score (nSPS) is 12.1. The van der Waals surface area contributed by atoms with Crippen LogP contribution in [0.4, 0.5) is 3.89 Å². The van der Waals surface area contributed by atoms with Crippen molar-refractivity contribution in [2.45, 2.75) is 18.6 Å². The molecule has 0 aliphatic carbocycles. The van der Waals surface area contributed by atoms with Crippen LogP contribution in [0.5, 0.6) is 0 Å². The summed E-state index contributed by atoms with van der Waals surface area (Å²) < 4.78 is 40.0. The molecule has 0 atom stereocenters. The van der Waals surface area contributed by atoms with Crippen molar-refractivity contribution in [2.24, 2.45) is 0 Å². The lowest BCUT2D eigenvalue weighted by atomic mass is 10.4. The maximum absolute atomic E-state index is 13.1. The number of aromatic amines is 1. The highest BCUT2D eigenvalue weighted by Gasteiger charge is 2.20. The number of nitrogens with zero attached hydrogens (tertiary/aromatic N) is 2. The maximum atomic E-state index is 13.1. The van der Waals surface area contributed by atoms with Crippen molar-refractivity contribution in [2.75, 3.05) is 6.61 Å². The molecule has 0 amide bonds. The fraction of sp³-hybridized carbons (Fsp3) is 0.333. The highest BCUT2D eigenvalue weighted by molar-refractivity contribution is 7.86. The van der Waals surface area contributed by atoms with Crippen molar-refractivity contribution in [1.29, 1.82) is 0 Å². The first-order valence-electron chi connectivity index (χ1n) is 4.88. The molecule has 2 rings (SSSR count). The second-order valence-electron chi connectivity index (χ2n) is 3.26. The Balaban J connectivity index is 2.59. The quantitative estimate of drug-likeness (QED) is 0.657. The lowest BCUT2D eigenvalue weighted by Gasteiger charge is -2.03. The van der Waals surface area contributed by atoms with E-state index in [4.69, 9.17) is 4.74 Å². The molecule has 0 aliphatic rings. The zero-order chi connectivity index (χ0) is 12.5. The summed E-state index contributed by atoms with van der Waals surface area (Å²) in [5.74, 6) is 0.123.